The fraction of sp³-hybridized carbons (Fsp3) is 0.320. The molecule has 3 aliphatic heterocycles. The van der Waals surface area contributed by atoms with Gasteiger partial charge in [0.2, 0.25) is 10.0 Å². The van der Waals surface area contributed by atoms with Crippen LogP contribution in [0.1, 0.15) is 25.0 Å². The van der Waals surface area contributed by atoms with Gasteiger partial charge in [-0.15, -0.1) is 0 Å². The third-order valence-corrected chi connectivity index (χ3v) is 8.97. The molecule has 0 saturated carbocycles. The minimum Gasteiger partial charge on any atom is -0.351 e. The SMILES string of the molecule is C[C@@H](OC12CC(CN(c3ccc(-c4n[nH]c5ccccc45)cn3)C1)N2S(C)(=O)=O)c1c(Cl)cncc1Cl. The lowest BCUT2D eigenvalue weighted by Gasteiger charge is -2.62. The average Bonchev–Trinajstić information content (AvgIpc) is 3.27. The second-order valence-corrected chi connectivity index (χ2v) is 12.2. The number of halogens is 2. The molecule has 3 aliphatic rings. The highest BCUT2D eigenvalue weighted by molar-refractivity contribution is 7.88. The van der Waals surface area contributed by atoms with Crippen LogP contribution in [-0.2, 0) is 14.8 Å². The molecule has 7 rings (SSSR count). The zero-order valence-corrected chi connectivity index (χ0v) is 22.4. The summed E-state index contributed by atoms with van der Waals surface area (Å²) >= 11 is 12.7. The number of para-hydroxylation sites is 1. The topological polar surface area (TPSA) is 104 Å². The molecule has 6 heterocycles. The minimum atomic E-state index is -3.52. The Kier molecular flexibility index (Phi) is 5.92. The Morgan fingerprint density at radius 3 is 2.59 bits per heavy atom. The summed E-state index contributed by atoms with van der Waals surface area (Å²) in [4.78, 5) is 10.8. The van der Waals surface area contributed by atoms with E-state index in [4.69, 9.17) is 32.9 Å². The summed E-state index contributed by atoms with van der Waals surface area (Å²) in [6, 6.07) is 11.6. The molecule has 4 aromatic rings. The first kappa shape index (κ1) is 24.6. The number of piperidine rings is 1. The van der Waals surface area contributed by atoms with E-state index in [-0.39, 0.29) is 6.04 Å². The third-order valence-electron chi connectivity index (χ3n) is 7.02. The third kappa shape index (κ3) is 4.17. The van der Waals surface area contributed by atoms with E-state index < -0.39 is 21.9 Å². The van der Waals surface area contributed by atoms with Gasteiger partial charge in [0.05, 0.1) is 34.5 Å². The van der Waals surface area contributed by atoms with E-state index in [0.717, 1.165) is 28.0 Å². The lowest BCUT2D eigenvalue weighted by atomic mass is 9.86. The van der Waals surface area contributed by atoms with Gasteiger partial charge in [-0.3, -0.25) is 10.1 Å². The quantitative estimate of drug-likeness (QED) is 0.367. The molecule has 9 nitrogen and oxygen atoms in total. The molecule has 1 aromatic carbocycles. The molecule has 3 fully saturated rings. The highest BCUT2D eigenvalue weighted by Crippen LogP contribution is 2.49. The maximum Gasteiger partial charge on any atom is 0.213 e. The van der Waals surface area contributed by atoms with Gasteiger partial charge in [0.15, 0.2) is 5.72 Å². The molecular weight excluding hydrogens is 535 g/mol. The first-order valence-electron chi connectivity index (χ1n) is 11.8. The lowest BCUT2D eigenvalue weighted by molar-refractivity contribution is -0.233. The number of piperazine rings is 1. The van der Waals surface area contributed by atoms with Crippen LogP contribution < -0.4 is 4.90 Å². The van der Waals surface area contributed by atoms with Crippen LogP contribution in [0.5, 0.6) is 0 Å². The number of nitrogens with zero attached hydrogens (tertiary/aromatic N) is 5. The molecule has 3 atom stereocenters. The number of aromatic nitrogens is 4. The Labute approximate surface area is 224 Å². The molecule has 3 aromatic heterocycles. The Bertz CT molecular complexity index is 1580. The normalized spacial score (nSPS) is 22.7. The molecule has 192 valence electrons. The number of H-pyrrole nitrogens is 1. The second-order valence-electron chi connectivity index (χ2n) is 9.54. The molecular formula is C25H24Cl2N6O3S. The van der Waals surface area contributed by atoms with E-state index in [9.17, 15) is 8.42 Å². The van der Waals surface area contributed by atoms with Crippen LogP contribution >= 0.6 is 23.2 Å². The van der Waals surface area contributed by atoms with E-state index in [1.807, 2.05) is 43.3 Å². The van der Waals surface area contributed by atoms with E-state index in [0.29, 0.717) is 35.1 Å². The van der Waals surface area contributed by atoms with Gasteiger partial charge in [-0.2, -0.15) is 9.40 Å². The molecule has 37 heavy (non-hydrogen) atoms. The van der Waals surface area contributed by atoms with Gasteiger partial charge in [0.25, 0.3) is 0 Å². The number of pyridine rings is 2. The molecule has 2 unspecified atom stereocenters. The maximum absolute atomic E-state index is 12.8. The number of ether oxygens (including phenoxy) is 1. The smallest absolute Gasteiger partial charge is 0.213 e. The van der Waals surface area contributed by atoms with E-state index in [2.05, 4.69) is 20.1 Å². The first-order valence-corrected chi connectivity index (χ1v) is 14.4. The molecule has 0 radical (unpaired) electrons. The number of fused-ring (bicyclic) bond motifs is 3. The molecule has 2 bridgehead atoms. The molecule has 0 spiro atoms. The van der Waals surface area contributed by atoms with Crippen LogP contribution in [0.25, 0.3) is 22.2 Å². The molecule has 12 heteroatoms. The van der Waals surface area contributed by atoms with Gasteiger partial charge in [-0.25, -0.2) is 13.4 Å². The van der Waals surface area contributed by atoms with Crippen molar-refractivity contribution in [1.82, 2.24) is 24.5 Å². The van der Waals surface area contributed by atoms with Gasteiger partial charge in [-0.1, -0.05) is 41.4 Å². The lowest BCUT2D eigenvalue weighted by Crippen LogP contribution is -2.79. The van der Waals surface area contributed by atoms with Crippen LogP contribution in [0.15, 0.2) is 55.0 Å². The number of sulfonamides is 1. The number of benzene rings is 1. The van der Waals surface area contributed by atoms with Crippen molar-refractivity contribution in [2.45, 2.75) is 31.2 Å². The van der Waals surface area contributed by atoms with Crippen molar-refractivity contribution in [3.05, 3.63) is 70.6 Å². The number of hydrogen-bond donors (Lipinski definition) is 1. The Morgan fingerprint density at radius 1 is 1.14 bits per heavy atom. The van der Waals surface area contributed by atoms with Crippen molar-refractivity contribution >= 4 is 49.9 Å². The van der Waals surface area contributed by atoms with Crippen molar-refractivity contribution in [3.8, 4) is 11.3 Å². The predicted octanol–water partition coefficient (Wildman–Crippen LogP) is 4.65. The summed E-state index contributed by atoms with van der Waals surface area (Å²) in [5.41, 5.74) is 2.20. The fourth-order valence-corrected chi connectivity index (χ4v) is 7.77. The van der Waals surface area contributed by atoms with Crippen LogP contribution in [0.2, 0.25) is 10.0 Å². The van der Waals surface area contributed by atoms with Crippen LogP contribution in [0.4, 0.5) is 5.82 Å². The number of nitrogens with one attached hydrogen (secondary N) is 1. The summed E-state index contributed by atoms with van der Waals surface area (Å²) in [5.74, 6) is 0.738. The predicted molar refractivity (Wildman–Crippen MR) is 143 cm³/mol. The number of hydrogen-bond acceptors (Lipinski definition) is 7. The Morgan fingerprint density at radius 2 is 1.89 bits per heavy atom. The monoisotopic (exact) mass is 558 g/mol. The van der Waals surface area contributed by atoms with E-state index in [1.54, 1.807) is 6.20 Å². The number of aromatic amines is 1. The van der Waals surface area contributed by atoms with Crippen molar-refractivity contribution < 1.29 is 13.2 Å². The number of anilines is 1. The average molecular weight is 559 g/mol. The van der Waals surface area contributed by atoms with Gasteiger partial charge in [0.1, 0.15) is 11.5 Å². The Balaban J connectivity index is 1.29. The maximum atomic E-state index is 12.8. The largest absolute Gasteiger partial charge is 0.351 e. The Hall–Kier alpha value is -2.76. The standard InChI is InChI=1S/C25H24Cl2N6O3S/c1-15(23-19(26)11-28-12-20(23)27)36-25-9-17(33(25)37(2,34)35)13-32(14-25)22-8-7-16(10-29-22)24-18-5-3-4-6-21(18)30-31-24/h3-8,10-12,15,17H,9,13-14H2,1-2H3,(H,30,31)/t15-,17?,25?/m1/s1. The molecule has 0 amide bonds. The molecule has 3 saturated heterocycles. The summed E-state index contributed by atoms with van der Waals surface area (Å²) in [7, 11) is -3.52. The van der Waals surface area contributed by atoms with Gasteiger partial charge >= 0.3 is 0 Å². The highest BCUT2D eigenvalue weighted by atomic mass is 35.5. The van der Waals surface area contributed by atoms with Crippen LogP contribution in [0, 0.1) is 0 Å². The summed E-state index contributed by atoms with van der Waals surface area (Å²) in [6.07, 6.45) is 6.01. The van der Waals surface area contributed by atoms with E-state index >= 15 is 0 Å². The zero-order chi connectivity index (χ0) is 25.9. The van der Waals surface area contributed by atoms with Crippen molar-refractivity contribution in [2.24, 2.45) is 0 Å². The first-order chi connectivity index (χ1) is 17.7. The van der Waals surface area contributed by atoms with Crippen molar-refractivity contribution in [1.29, 1.82) is 0 Å². The van der Waals surface area contributed by atoms with Crippen molar-refractivity contribution in [3.63, 3.8) is 0 Å². The van der Waals surface area contributed by atoms with Crippen molar-refractivity contribution in [2.75, 3.05) is 24.2 Å². The summed E-state index contributed by atoms with van der Waals surface area (Å²) in [5, 5.41) is 9.26. The molecule has 0 aliphatic carbocycles. The fourth-order valence-electron chi connectivity index (χ4n) is 5.63. The van der Waals surface area contributed by atoms with Gasteiger partial charge in [0, 0.05) is 54.1 Å². The van der Waals surface area contributed by atoms with E-state index in [1.165, 1.54) is 23.0 Å². The summed E-state index contributed by atoms with van der Waals surface area (Å²) in [6.45, 7) is 2.65. The van der Waals surface area contributed by atoms with Crippen LogP contribution in [0.3, 0.4) is 0 Å². The summed E-state index contributed by atoms with van der Waals surface area (Å²) < 4.78 is 33.5. The zero-order valence-electron chi connectivity index (χ0n) is 20.1. The number of rotatable bonds is 6. The highest BCUT2D eigenvalue weighted by Gasteiger charge is 2.62. The second kappa shape index (κ2) is 8.92. The minimum absolute atomic E-state index is 0.226. The van der Waals surface area contributed by atoms with Gasteiger partial charge < -0.3 is 9.64 Å². The van der Waals surface area contributed by atoms with Gasteiger partial charge in [-0.05, 0) is 25.1 Å². The molecule has 1 N–H and O–H groups in total. The van der Waals surface area contributed by atoms with Crippen LogP contribution in [-0.4, -0.2) is 64.0 Å².